The van der Waals surface area contributed by atoms with Gasteiger partial charge in [0.25, 0.3) is 0 Å². The van der Waals surface area contributed by atoms with Crippen LogP contribution in [0.4, 0.5) is 26.3 Å². The molecule has 0 bridgehead atoms. The van der Waals surface area contributed by atoms with Crippen molar-refractivity contribution in [1.82, 2.24) is 10.3 Å². The lowest BCUT2D eigenvalue weighted by molar-refractivity contribution is -0.143. The van der Waals surface area contributed by atoms with Crippen LogP contribution in [0.5, 0.6) is 0 Å². The van der Waals surface area contributed by atoms with Gasteiger partial charge >= 0.3 is 12.4 Å². The van der Waals surface area contributed by atoms with Gasteiger partial charge < -0.3 is 10.1 Å². The number of alkyl halides is 6. The van der Waals surface area contributed by atoms with E-state index in [-0.39, 0.29) is 24.9 Å². The van der Waals surface area contributed by atoms with Gasteiger partial charge in [-0.25, -0.2) is 0 Å². The smallest absolute Gasteiger partial charge is 0.309 e. The van der Waals surface area contributed by atoms with E-state index in [4.69, 9.17) is 0 Å². The van der Waals surface area contributed by atoms with E-state index in [1.54, 1.807) is 12.1 Å². The largest absolute Gasteiger partial charge is 0.416 e. The topological polar surface area (TPSA) is 59.1 Å². The standard InChI is InChI=1S/C19H16F6N2O2/c20-18(21,22)15-7-14(8-16(9-15)19(23,24)25)17(29)11-27-10-13(3-6-28)12-1-4-26-5-2-12/h1-2,4-9,13,27H,3,10-11H2. The van der Waals surface area contributed by atoms with Crippen molar-refractivity contribution in [2.75, 3.05) is 13.1 Å². The van der Waals surface area contributed by atoms with Gasteiger partial charge in [-0.3, -0.25) is 9.78 Å². The first-order valence-corrected chi connectivity index (χ1v) is 8.39. The molecule has 1 heterocycles. The highest BCUT2D eigenvalue weighted by atomic mass is 19.4. The summed E-state index contributed by atoms with van der Waals surface area (Å²) in [5.41, 5.74) is -3.04. The Bertz CT molecular complexity index is 818. The number of aromatic nitrogens is 1. The third-order valence-electron chi connectivity index (χ3n) is 4.14. The average Bonchev–Trinajstić information content (AvgIpc) is 2.66. The van der Waals surface area contributed by atoms with Crippen molar-refractivity contribution in [3.63, 3.8) is 0 Å². The molecule has 0 spiro atoms. The first-order chi connectivity index (χ1) is 13.5. The molecule has 4 nitrogen and oxygen atoms in total. The number of nitrogens with one attached hydrogen (secondary N) is 1. The Balaban J connectivity index is 2.14. The molecule has 156 valence electrons. The predicted molar refractivity (Wildman–Crippen MR) is 91.3 cm³/mol. The Morgan fingerprint density at radius 1 is 1.00 bits per heavy atom. The first kappa shape index (κ1) is 22.5. The van der Waals surface area contributed by atoms with Crippen molar-refractivity contribution in [2.45, 2.75) is 24.7 Å². The zero-order valence-corrected chi connectivity index (χ0v) is 14.8. The molecular weight excluding hydrogens is 402 g/mol. The number of carbonyl (C=O) groups excluding carboxylic acids is 2. The molecule has 0 fully saturated rings. The fourth-order valence-electron chi connectivity index (χ4n) is 2.67. The number of hydrogen-bond donors (Lipinski definition) is 1. The quantitative estimate of drug-likeness (QED) is 0.395. The van der Waals surface area contributed by atoms with Crippen LogP contribution in [-0.2, 0) is 17.1 Å². The van der Waals surface area contributed by atoms with Gasteiger partial charge in [-0.05, 0) is 35.9 Å². The van der Waals surface area contributed by atoms with Gasteiger partial charge in [-0.15, -0.1) is 0 Å². The third kappa shape index (κ3) is 6.38. The van der Waals surface area contributed by atoms with Crippen LogP contribution < -0.4 is 5.32 Å². The Hall–Kier alpha value is -2.75. The summed E-state index contributed by atoms with van der Waals surface area (Å²) in [6.45, 7) is -0.362. The van der Waals surface area contributed by atoms with Crippen molar-refractivity contribution >= 4 is 12.1 Å². The van der Waals surface area contributed by atoms with Gasteiger partial charge in [0, 0.05) is 36.8 Å². The van der Waals surface area contributed by atoms with Gasteiger partial charge in [-0.1, -0.05) is 0 Å². The van der Waals surface area contributed by atoms with Crippen molar-refractivity contribution in [3.05, 3.63) is 65.0 Å². The lowest BCUT2D eigenvalue weighted by atomic mass is 9.97. The summed E-state index contributed by atoms with van der Waals surface area (Å²) in [7, 11) is 0. The molecule has 2 aromatic rings. The highest BCUT2D eigenvalue weighted by Gasteiger charge is 2.37. The number of hydrogen-bond acceptors (Lipinski definition) is 4. The number of Topliss-reactive ketones (excluding diaryl/α,β-unsaturated/α-hetero) is 1. The summed E-state index contributed by atoms with van der Waals surface area (Å²) < 4.78 is 77.4. The van der Waals surface area contributed by atoms with Gasteiger partial charge in [-0.2, -0.15) is 26.3 Å². The van der Waals surface area contributed by atoms with Crippen LogP contribution in [0.25, 0.3) is 0 Å². The van der Waals surface area contributed by atoms with Gasteiger partial charge in [0.2, 0.25) is 0 Å². The number of halogens is 6. The normalized spacial score (nSPS) is 13.2. The second kappa shape index (κ2) is 9.17. The Labute approximate surface area is 161 Å². The average molecular weight is 418 g/mol. The summed E-state index contributed by atoms with van der Waals surface area (Å²) in [4.78, 5) is 26.9. The fraction of sp³-hybridized carbons (Fsp3) is 0.316. The lowest BCUT2D eigenvalue weighted by Gasteiger charge is -2.16. The SMILES string of the molecule is O=CCC(CNCC(=O)c1cc(C(F)(F)F)cc(C(F)(F)F)c1)c1ccncc1. The van der Waals surface area contributed by atoms with Crippen LogP contribution in [0, 0.1) is 0 Å². The van der Waals surface area contributed by atoms with E-state index in [2.05, 4.69) is 10.3 Å². The molecule has 0 saturated carbocycles. The molecule has 0 aliphatic heterocycles. The predicted octanol–water partition coefficient (Wildman–Crippen LogP) is 4.26. The van der Waals surface area contributed by atoms with Crippen LogP contribution in [0.1, 0.15) is 39.4 Å². The third-order valence-corrected chi connectivity index (χ3v) is 4.14. The van der Waals surface area contributed by atoms with Crippen molar-refractivity contribution in [3.8, 4) is 0 Å². The molecular formula is C19H16F6N2O2. The molecule has 1 atom stereocenters. The summed E-state index contributed by atoms with van der Waals surface area (Å²) in [6, 6.07) is 4.09. The van der Waals surface area contributed by atoms with E-state index >= 15 is 0 Å². The first-order valence-electron chi connectivity index (χ1n) is 8.39. The maximum Gasteiger partial charge on any atom is 0.416 e. The number of carbonyl (C=O) groups is 2. The summed E-state index contributed by atoms with van der Waals surface area (Å²) in [5.74, 6) is -1.25. The monoisotopic (exact) mass is 418 g/mol. The summed E-state index contributed by atoms with van der Waals surface area (Å²) >= 11 is 0. The zero-order chi connectivity index (χ0) is 21.7. The molecule has 0 saturated heterocycles. The van der Waals surface area contributed by atoms with E-state index in [1.807, 2.05) is 0 Å². The molecule has 1 aromatic carbocycles. The van der Waals surface area contributed by atoms with Crippen LogP contribution in [0.15, 0.2) is 42.7 Å². The summed E-state index contributed by atoms with van der Waals surface area (Å²) in [5, 5.41) is 2.69. The van der Waals surface area contributed by atoms with Crippen molar-refractivity contribution in [2.24, 2.45) is 0 Å². The minimum atomic E-state index is -5.03. The van der Waals surface area contributed by atoms with Gasteiger partial charge in [0.15, 0.2) is 5.78 Å². The maximum absolute atomic E-state index is 12.9. The number of nitrogens with zero attached hydrogens (tertiary/aromatic N) is 1. The molecule has 2 rings (SSSR count). The van der Waals surface area contributed by atoms with E-state index in [0.29, 0.717) is 18.4 Å². The molecule has 0 amide bonds. The van der Waals surface area contributed by atoms with Gasteiger partial charge in [0.05, 0.1) is 17.7 Å². The van der Waals surface area contributed by atoms with E-state index < -0.39 is 41.4 Å². The minimum absolute atomic E-state index is 0.0340. The van der Waals surface area contributed by atoms with E-state index in [1.165, 1.54) is 12.4 Å². The molecule has 10 heteroatoms. The minimum Gasteiger partial charge on any atom is -0.309 e. The second-order valence-electron chi connectivity index (χ2n) is 6.23. The van der Waals surface area contributed by atoms with Crippen molar-refractivity contribution in [1.29, 1.82) is 0 Å². The maximum atomic E-state index is 12.9. The Morgan fingerprint density at radius 3 is 2.03 bits per heavy atom. The molecule has 0 aliphatic rings. The number of rotatable bonds is 8. The van der Waals surface area contributed by atoms with Crippen LogP contribution in [0.3, 0.4) is 0 Å². The van der Waals surface area contributed by atoms with Crippen LogP contribution in [-0.4, -0.2) is 30.1 Å². The molecule has 0 aliphatic carbocycles. The fourth-order valence-corrected chi connectivity index (χ4v) is 2.67. The number of benzene rings is 1. The number of pyridine rings is 1. The Morgan fingerprint density at radius 2 is 1.55 bits per heavy atom. The molecule has 0 radical (unpaired) electrons. The highest BCUT2D eigenvalue weighted by molar-refractivity contribution is 5.98. The molecule has 1 unspecified atom stereocenters. The zero-order valence-electron chi connectivity index (χ0n) is 14.8. The molecule has 29 heavy (non-hydrogen) atoms. The number of ketones is 1. The second-order valence-corrected chi connectivity index (χ2v) is 6.23. The Kier molecular flexibility index (Phi) is 7.12. The van der Waals surface area contributed by atoms with Crippen LogP contribution >= 0.6 is 0 Å². The molecule has 1 N–H and O–H groups in total. The number of aldehydes is 1. The highest BCUT2D eigenvalue weighted by Crippen LogP contribution is 2.36. The van der Waals surface area contributed by atoms with Gasteiger partial charge in [0.1, 0.15) is 6.29 Å². The van der Waals surface area contributed by atoms with Crippen molar-refractivity contribution < 1.29 is 35.9 Å². The summed E-state index contributed by atoms with van der Waals surface area (Å²) in [6.07, 6.45) is -6.23. The van der Waals surface area contributed by atoms with Crippen LogP contribution in [0.2, 0.25) is 0 Å². The lowest BCUT2D eigenvalue weighted by Crippen LogP contribution is -2.28. The van der Waals surface area contributed by atoms with E-state index in [9.17, 15) is 35.9 Å². The van der Waals surface area contributed by atoms with E-state index in [0.717, 1.165) is 5.56 Å². The molecule has 1 aromatic heterocycles.